The molecule has 0 aromatic heterocycles. The molecule has 4 N–H and O–H groups in total. The third-order valence-corrected chi connectivity index (χ3v) is 3.17. The van der Waals surface area contributed by atoms with Crippen molar-refractivity contribution in [2.45, 2.75) is 0 Å². The predicted molar refractivity (Wildman–Crippen MR) is 72.9 cm³/mol. The number of benzene rings is 2. The van der Waals surface area contributed by atoms with E-state index in [1.165, 1.54) is 6.07 Å². The van der Waals surface area contributed by atoms with Crippen LogP contribution in [0, 0.1) is 0 Å². The number of phenols is 4. The molecule has 5 nitrogen and oxygen atoms in total. The van der Waals surface area contributed by atoms with Crippen molar-refractivity contribution >= 4 is 11.6 Å². The van der Waals surface area contributed by atoms with Crippen molar-refractivity contribution in [3.63, 3.8) is 0 Å². The number of hydrogen-bond donors (Lipinski definition) is 4. The van der Waals surface area contributed by atoms with Crippen LogP contribution in [-0.4, -0.2) is 27.0 Å². The quantitative estimate of drug-likeness (QED) is 0.599. The Kier molecular flexibility index (Phi) is 2.68. The molecule has 0 atom stereocenters. The van der Waals surface area contributed by atoms with Crippen LogP contribution in [0.3, 0.4) is 0 Å². The standard InChI is InChI=1S/C15H12O5/c16-10-3-1-2-8(4-10)9-5-11-13(20-7-9)6-12(17)15(19)14(11)18/h1-6,16-19H,7H2. The highest BCUT2D eigenvalue weighted by Gasteiger charge is 2.21. The second-order valence-electron chi connectivity index (χ2n) is 4.51. The normalized spacial score (nSPS) is 13.3. The molecule has 5 heteroatoms. The first-order chi connectivity index (χ1) is 9.56. The molecular weight excluding hydrogens is 260 g/mol. The molecule has 0 amide bonds. The molecule has 0 saturated heterocycles. The fourth-order valence-electron chi connectivity index (χ4n) is 2.14. The van der Waals surface area contributed by atoms with E-state index in [1.807, 2.05) is 0 Å². The van der Waals surface area contributed by atoms with Crippen molar-refractivity contribution < 1.29 is 25.2 Å². The van der Waals surface area contributed by atoms with E-state index in [2.05, 4.69) is 0 Å². The van der Waals surface area contributed by atoms with E-state index in [9.17, 15) is 20.4 Å². The maximum atomic E-state index is 9.86. The monoisotopic (exact) mass is 272 g/mol. The number of hydrogen-bond acceptors (Lipinski definition) is 5. The predicted octanol–water partition coefficient (Wildman–Crippen LogP) is 2.44. The number of phenolic OH excluding ortho intramolecular Hbond substituents is 4. The van der Waals surface area contributed by atoms with E-state index in [-0.39, 0.29) is 12.4 Å². The van der Waals surface area contributed by atoms with E-state index in [1.54, 1.807) is 30.3 Å². The molecule has 0 unspecified atom stereocenters. The third-order valence-electron chi connectivity index (χ3n) is 3.17. The van der Waals surface area contributed by atoms with Gasteiger partial charge < -0.3 is 25.2 Å². The lowest BCUT2D eigenvalue weighted by molar-refractivity contribution is 0.339. The third kappa shape index (κ3) is 1.89. The van der Waals surface area contributed by atoms with Gasteiger partial charge in [0.25, 0.3) is 0 Å². The van der Waals surface area contributed by atoms with Gasteiger partial charge in [-0.25, -0.2) is 0 Å². The van der Waals surface area contributed by atoms with Crippen LogP contribution in [0.15, 0.2) is 30.3 Å². The van der Waals surface area contributed by atoms with Crippen LogP contribution in [0.1, 0.15) is 11.1 Å². The van der Waals surface area contributed by atoms with E-state index in [0.29, 0.717) is 11.3 Å². The number of rotatable bonds is 1. The van der Waals surface area contributed by atoms with Gasteiger partial charge in [-0.15, -0.1) is 0 Å². The number of aromatic hydroxyl groups is 4. The van der Waals surface area contributed by atoms with E-state index in [0.717, 1.165) is 11.1 Å². The second-order valence-corrected chi connectivity index (χ2v) is 4.51. The van der Waals surface area contributed by atoms with E-state index >= 15 is 0 Å². The molecule has 1 aliphatic heterocycles. The smallest absolute Gasteiger partial charge is 0.201 e. The Morgan fingerprint density at radius 3 is 2.50 bits per heavy atom. The molecule has 0 radical (unpaired) electrons. The molecule has 0 aliphatic carbocycles. The van der Waals surface area contributed by atoms with E-state index in [4.69, 9.17) is 4.74 Å². The summed E-state index contributed by atoms with van der Waals surface area (Å²) in [5.41, 5.74) is 1.79. The van der Waals surface area contributed by atoms with Crippen molar-refractivity contribution in [3.8, 4) is 28.7 Å². The van der Waals surface area contributed by atoms with Crippen LogP contribution < -0.4 is 4.74 Å². The van der Waals surface area contributed by atoms with E-state index < -0.39 is 17.2 Å². The Bertz CT molecular complexity index is 718. The van der Waals surface area contributed by atoms with Gasteiger partial charge in [0, 0.05) is 6.07 Å². The van der Waals surface area contributed by atoms with Crippen LogP contribution >= 0.6 is 0 Å². The Balaban J connectivity index is 2.13. The number of fused-ring (bicyclic) bond motifs is 1. The molecule has 0 fully saturated rings. The lowest BCUT2D eigenvalue weighted by Gasteiger charge is -2.20. The minimum absolute atomic E-state index is 0.131. The summed E-state index contributed by atoms with van der Waals surface area (Å²) in [6, 6.07) is 7.90. The van der Waals surface area contributed by atoms with Gasteiger partial charge >= 0.3 is 0 Å². The van der Waals surface area contributed by atoms with Gasteiger partial charge in [-0.3, -0.25) is 0 Å². The van der Waals surface area contributed by atoms with Crippen LogP contribution in [0.5, 0.6) is 28.7 Å². The molecule has 2 aromatic carbocycles. The number of ether oxygens (including phenoxy) is 1. The summed E-state index contributed by atoms with van der Waals surface area (Å²) in [4.78, 5) is 0. The fourth-order valence-corrected chi connectivity index (χ4v) is 2.14. The summed E-state index contributed by atoms with van der Waals surface area (Å²) >= 11 is 0. The Hall–Kier alpha value is -2.82. The average Bonchev–Trinajstić information content (AvgIpc) is 2.45. The SMILES string of the molecule is Oc1cccc(C2=Cc3c(cc(O)c(O)c3O)OC2)c1. The second kappa shape index (κ2) is 4.38. The fraction of sp³-hybridized carbons (Fsp3) is 0.0667. The molecule has 2 aromatic rings. The van der Waals surface area contributed by atoms with Gasteiger partial charge in [0.2, 0.25) is 5.75 Å². The molecule has 1 aliphatic rings. The maximum absolute atomic E-state index is 9.86. The van der Waals surface area contributed by atoms with Crippen molar-refractivity contribution in [1.82, 2.24) is 0 Å². The molecule has 1 heterocycles. The van der Waals surface area contributed by atoms with Crippen LogP contribution in [-0.2, 0) is 0 Å². The maximum Gasteiger partial charge on any atom is 0.201 e. The zero-order valence-corrected chi connectivity index (χ0v) is 10.4. The van der Waals surface area contributed by atoms with Crippen molar-refractivity contribution in [2.75, 3.05) is 6.61 Å². The summed E-state index contributed by atoms with van der Waals surface area (Å²) in [5, 5.41) is 38.3. The molecule has 0 bridgehead atoms. The van der Waals surface area contributed by atoms with Crippen LogP contribution in [0.2, 0.25) is 0 Å². The topological polar surface area (TPSA) is 90.2 Å². The van der Waals surface area contributed by atoms with Crippen LogP contribution in [0.4, 0.5) is 0 Å². The summed E-state index contributed by atoms with van der Waals surface area (Å²) in [7, 11) is 0. The first-order valence-electron chi connectivity index (χ1n) is 5.97. The largest absolute Gasteiger partial charge is 0.508 e. The van der Waals surface area contributed by atoms with Crippen molar-refractivity contribution in [3.05, 3.63) is 41.5 Å². The molecule has 20 heavy (non-hydrogen) atoms. The van der Waals surface area contributed by atoms with Gasteiger partial charge in [0.05, 0.1) is 5.56 Å². The van der Waals surface area contributed by atoms with Gasteiger partial charge in [-0.1, -0.05) is 12.1 Å². The molecular formula is C15H12O5. The van der Waals surface area contributed by atoms with Gasteiger partial charge in [0.1, 0.15) is 18.1 Å². The molecule has 3 rings (SSSR count). The lowest BCUT2D eigenvalue weighted by Crippen LogP contribution is -2.06. The van der Waals surface area contributed by atoms with Gasteiger partial charge in [0.15, 0.2) is 11.5 Å². The molecule has 0 spiro atoms. The highest BCUT2D eigenvalue weighted by Crippen LogP contribution is 2.46. The van der Waals surface area contributed by atoms with Gasteiger partial charge in [-0.2, -0.15) is 0 Å². The lowest BCUT2D eigenvalue weighted by atomic mass is 9.99. The first kappa shape index (κ1) is 12.2. The Labute approximate surface area is 114 Å². The van der Waals surface area contributed by atoms with Crippen LogP contribution in [0.25, 0.3) is 11.6 Å². The Morgan fingerprint density at radius 2 is 1.75 bits per heavy atom. The van der Waals surface area contributed by atoms with Crippen molar-refractivity contribution in [1.29, 1.82) is 0 Å². The minimum Gasteiger partial charge on any atom is -0.508 e. The zero-order chi connectivity index (χ0) is 14.3. The molecule has 0 saturated carbocycles. The molecule has 102 valence electrons. The van der Waals surface area contributed by atoms with Crippen molar-refractivity contribution in [2.24, 2.45) is 0 Å². The first-order valence-corrected chi connectivity index (χ1v) is 5.97. The Morgan fingerprint density at radius 1 is 0.950 bits per heavy atom. The highest BCUT2D eigenvalue weighted by atomic mass is 16.5. The summed E-state index contributed by atoms with van der Waals surface area (Å²) in [6.45, 7) is 0.236. The summed E-state index contributed by atoms with van der Waals surface area (Å²) < 4.78 is 5.47. The van der Waals surface area contributed by atoms with Gasteiger partial charge in [-0.05, 0) is 29.3 Å². The minimum atomic E-state index is -0.583. The zero-order valence-electron chi connectivity index (χ0n) is 10.4. The summed E-state index contributed by atoms with van der Waals surface area (Å²) in [6.07, 6.45) is 1.65. The highest BCUT2D eigenvalue weighted by molar-refractivity contribution is 5.89. The average molecular weight is 272 g/mol. The summed E-state index contributed by atoms with van der Waals surface area (Å²) in [5.74, 6) is -1.03.